The Bertz CT molecular complexity index is 814. The van der Waals surface area contributed by atoms with E-state index in [1.165, 1.54) is 12.1 Å². The zero-order valence-corrected chi connectivity index (χ0v) is 12.8. The van der Waals surface area contributed by atoms with Gasteiger partial charge in [0.2, 0.25) is 0 Å². The number of sulfone groups is 1. The Hall–Kier alpha value is -1.93. The summed E-state index contributed by atoms with van der Waals surface area (Å²) < 4.78 is 26.3. The topological polar surface area (TPSA) is 102 Å². The molecule has 0 spiro atoms. The van der Waals surface area contributed by atoms with Crippen LogP contribution in [-0.4, -0.2) is 34.3 Å². The third-order valence-corrected chi connectivity index (χ3v) is 5.10. The summed E-state index contributed by atoms with van der Waals surface area (Å²) in [5, 5.41) is 16.5. The molecule has 0 radical (unpaired) electrons. The van der Waals surface area contributed by atoms with Gasteiger partial charge in [0.15, 0.2) is 9.84 Å². The van der Waals surface area contributed by atoms with Crippen LogP contribution >= 0.6 is 11.6 Å². The third-order valence-electron chi connectivity index (χ3n) is 3.02. The van der Waals surface area contributed by atoms with E-state index in [4.69, 9.17) is 16.7 Å². The molecule has 0 saturated heterocycles. The number of hydrogen-bond donors (Lipinski definition) is 1. The quantitative estimate of drug-likeness (QED) is 0.910. The zero-order valence-electron chi connectivity index (χ0n) is 11.2. The predicted molar refractivity (Wildman–Crippen MR) is 75.0 cm³/mol. The summed E-state index contributed by atoms with van der Waals surface area (Å²) in [6, 6.07) is 3.54. The minimum atomic E-state index is -3.83. The summed E-state index contributed by atoms with van der Waals surface area (Å²) >= 11 is 5.88. The van der Waals surface area contributed by atoms with Crippen molar-refractivity contribution in [1.29, 1.82) is 0 Å². The van der Waals surface area contributed by atoms with E-state index in [1.807, 2.05) is 0 Å². The predicted octanol–water partition coefficient (Wildman–Crippen LogP) is 1.45. The molecule has 0 aliphatic carbocycles. The van der Waals surface area contributed by atoms with Crippen LogP contribution in [0.2, 0.25) is 5.02 Å². The van der Waals surface area contributed by atoms with Gasteiger partial charge in [0.05, 0.1) is 15.5 Å². The second-order valence-corrected chi connectivity index (χ2v) is 6.80. The Morgan fingerprint density at radius 1 is 1.38 bits per heavy atom. The summed E-state index contributed by atoms with van der Waals surface area (Å²) in [4.78, 5) is 10.7. The fraction of sp³-hybridized carbons (Fsp3) is 0.250. The van der Waals surface area contributed by atoms with Crippen molar-refractivity contribution >= 4 is 27.4 Å². The van der Waals surface area contributed by atoms with Crippen LogP contribution in [0.4, 0.5) is 0 Å². The smallest absolute Gasteiger partial charge is 0.335 e. The summed E-state index contributed by atoms with van der Waals surface area (Å²) in [5.74, 6) is -0.805. The Kier molecular flexibility index (Phi) is 4.02. The van der Waals surface area contributed by atoms with Crippen molar-refractivity contribution in [1.82, 2.24) is 14.8 Å². The first-order valence-electron chi connectivity index (χ1n) is 5.83. The maximum Gasteiger partial charge on any atom is 0.335 e. The number of nitrogens with zero attached hydrogens (tertiary/aromatic N) is 3. The molecule has 0 saturated carbocycles. The van der Waals surface area contributed by atoms with E-state index in [2.05, 4.69) is 10.2 Å². The molecule has 2 aromatic rings. The van der Waals surface area contributed by atoms with Crippen LogP contribution in [-0.2, 0) is 22.6 Å². The van der Waals surface area contributed by atoms with Gasteiger partial charge in [0, 0.05) is 7.05 Å². The summed E-state index contributed by atoms with van der Waals surface area (Å²) in [6.45, 7) is 1.70. The van der Waals surface area contributed by atoms with Crippen LogP contribution in [0, 0.1) is 6.92 Å². The number of aryl methyl sites for hydroxylation is 1. The minimum absolute atomic E-state index is 0.0288. The van der Waals surface area contributed by atoms with Gasteiger partial charge in [-0.25, -0.2) is 13.2 Å². The Balaban J connectivity index is 2.47. The number of carboxylic acids is 1. The molecule has 0 bridgehead atoms. The van der Waals surface area contributed by atoms with Gasteiger partial charge >= 0.3 is 5.97 Å². The van der Waals surface area contributed by atoms with Gasteiger partial charge in [0.1, 0.15) is 17.4 Å². The first-order valence-corrected chi connectivity index (χ1v) is 7.86. The molecule has 7 nitrogen and oxygen atoms in total. The second kappa shape index (κ2) is 5.45. The van der Waals surface area contributed by atoms with E-state index in [0.717, 1.165) is 6.07 Å². The molecule has 1 aromatic heterocycles. The highest BCUT2D eigenvalue weighted by atomic mass is 35.5. The van der Waals surface area contributed by atoms with Crippen molar-refractivity contribution in [3.05, 3.63) is 40.4 Å². The number of hydrogen-bond acceptors (Lipinski definition) is 5. The molecule has 0 atom stereocenters. The molecule has 1 N–H and O–H groups in total. The number of aromatic nitrogens is 3. The van der Waals surface area contributed by atoms with Gasteiger partial charge in [-0.05, 0) is 25.1 Å². The van der Waals surface area contributed by atoms with E-state index in [-0.39, 0.29) is 21.3 Å². The van der Waals surface area contributed by atoms with Crippen molar-refractivity contribution < 1.29 is 18.3 Å². The average Bonchev–Trinajstić information content (AvgIpc) is 2.70. The lowest BCUT2D eigenvalue weighted by molar-refractivity contribution is 0.0696. The fourth-order valence-corrected chi connectivity index (χ4v) is 3.59. The first-order chi connectivity index (χ1) is 9.72. The van der Waals surface area contributed by atoms with Crippen molar-refractivity contribution in [2.45, 2.75) is 17.6 Å². The van der Waals surface area contributed by atoms with Gasteiger partial charge in [-0.3, -0.25) is 0 Å². The molecular formula is C12H12ClN3O4S. The molecule has 0 aliphatic heterocycles. The Morgan fingerprint density at radius 2 is 2.05 bits per heavy atom. The molecule has 1 heterocycles. The highest BCUT2D eigenvalue weighted by molar-refractivity contribution is 7.90. The van der Waals surface area contributed by atoms with Gasteiger partial charge in [-0.1, -0.05) is 11.6 Å². The minimum Gasteiger partial charge on any atom is -0.478 e. The van der Waals surface area contributed by atoms with E-state index in [0.29, 0.717) is 5.82 Å². The largest absolute Gasteiger partial charge is 0.478 e. The first kappa shape index (κ1) is 15.5. The average molecular weight is 330 g/mol. The monoisotopic (exact) mass is 329 g/mol. The molecule has 21 heavy (non-hydrogen) atoms. The SMILES string of the molecule is Cc1nnc(CS(=O)(=O)c2cc(C(=O)O)ccc2Cl)n1C. The molecule has 112 valence electrons. The van der Waals surface area contributed by atoms with Crippen LogP contribution in [0.15, 0.2) is 23.1 Å². The number of carbonyl (C=O) groups is 1. The van der Waals surface area contributed by atoms with Gasteiger partial charge < -0.3 is 9.67 Å². The van der Waals surface area contributed by atoms with Crippen molar-refractivity contribution in [2.24, 2.45) is 7.05 Å². The number of aromatic carboxylic acids is 1. The van der Waals surface area contributed by atoms with Crippen LogP contribution in [0.1, 0.15) is 22.0 Å². The molecule has 2 rings (SSSR count). The lowest BCUT2D eigenvalue weighted by Gasteiger charge is -2.07. The van der Waals surface area contributed by atoms with Crippen molar-refractivity contribution in [3.63, 3.8) is 0 Å². The van der Waals surface area contributed by atoms with E-state index >= 15 is 0 Å². The van der Waals surface area contributed by atoms with Crippen LogP contribution < -0.4 is 0 Å². The number of carboxylic acid groups (broad SMARTS) is 1. The molecule has 0 amide bonds. The van der Waals surface area contributed by atoms with Crippen LogP contribution in [0.3, 0.4) is 0 Å². The lowest BCUT2D eigenvalue weighted by Crippen LogP contribution is -2.11. The third kappa shape index (κ3) is 3.06. The fourth-order valence-electron chi connectivity index (χ4n) is 1.70. The van der Waals surface area contributed by atoms with E-state index in [1.54, 1.807) is 18.5 Å². The maximum atomic E-state index is 12.4. The summed E-state index contributed by atoms with van der Waals surface area (Å²) in [5.41, 5.74) is -0.146. The van der Waals surface area contributed by atoms with Crippen molar-refractivity contribution in [3.8, 4) is 0 Å². The Morgan fingerprint density at radius 3 is 2.57 bits per heavy atom. The van der Waals surface area contributed by atoms with E-state index < -0.39 is 21.6 Å². The van der Waals surface area contributed by atoms with Crippen LogP contribution in [0.25, 0.3) is 0 Å². The van der Waals surface area contributed by atoms with Gasteiger partial charge in [-0.2, -0.15) is 0 Å². The summed E-state index contributed by atoms with van der Waals surface area (Å²) in [7, 11) is -2.18. The zero-order chi connectivity index (χ0) is 15.8. The highest BCUT2D eigenvalue weighted by Crippen LogP contribution is 2.25. The van der Waals surface area contributed by atoms with E-state index in [9.17, 15) is 13.2 Å². The number of benzene rings is 1. The molecule has 9 heteroatoms. The number of rotatable bonds is 4. The van der Waals surface area contributed by atoms with Crippen molar-refractivity contribution in [2.75, 3.05) is 0 Å². The molecular weight excluding hydrogens is 318 g/mol. The molecule has 0 aliphatic rings. The second-order valence-electron chi connectivity index (χ2n) is 4.43. The standard InChI is InChI=1S/C12H12ClN3O4S/c1-7-14-15-11(16(7)2)6-21(19,20)10-5-8(12(17)18)3-4-9(10)13/h3-5H,6H2,1-2H3,(H,17,18). The van der Waals surface area contributed by atoms with Gasteiger partial charge in [0.25, 0.3) is 0 Å². The maximum absolute atomic E-state index is 12.4. The summed E-state index contributed by atoms with van der Waals surface area (Å²) in [6.07, 6.45) is 0. The molecule has 0 unspecified atom stereocenters. The van der Waals surface area contributed by atoms with Crippen LogP contribution in [0.5, 0.6) is 0 Å². The van der Waals surface area contributed by atoms with Gasteiger partial charge in [-0.15, -0.1) is 10.2 Å². The Labute approximate surface area is 126 Å². The lowest BCUT2D eigenvalue weighted by atomic mass is 10.2. The normalized spacial score (nSPS) is 11.6. The molecule has 1 aromatic carbocycles. The number of halogens is 1. The molecule has 0 fully saturated rings. The highest BCUT2D eigenvalue weighted by Gasteiger charge is 2.23.